The SMILES string of the molecule is CCOc1ccc(C=c2sc3nc(C=Cc4cccs4)nn3c2=O)cc1OC. The smallest absolute Gasteiger partial charge is 0.291 e. The first-order valence-corrected chi connectivity index (χ1v) is 10.3. The van der Waals surface area contributed by atoms with Crippen LogP contribution in [0.4, 0.5) is 0 Å². The Bertz CT molecular complexity index is 1240. The van der Waals surface area contributed by atoms with Crippen molar-refractivity contribution in [3.8, 4) is 11.5 Å². The summed E-state index contributed by atoms with van der Waals surface area (Å²) in [5.74, 6) is 1.82. The van der Waals surface area contributed by atoms with Gasteiger partial charge in [0.2, 0.25) is 4.96 Å². The Morgan fingerprint density at radius 2 is 2.11 bits per heavy atom. The third-order valence-electron chi connectivity index (χ3n) is 3.92. The largest absolute Gasteiger partial charge is 0.493 e. The third-order valence-corrected chi connectivity index (χ3v) is 5.72. The number of thiophene rings is 1. The van der Waals surface area contributed by atoms with Crippen molar-refractivity contribution in [3.63, 3.8) is 0 Å². The van der Waals surface area contributed by atoms with E-state index in [1.807, 2.05) is 60.9 Å². The second-order valence-corrected chi connectivity index (χ2v) is 7.76. The number of methoxy groups -OCH3 is 1. The van der Waals surface area contributed by atoms with Crippen molar-refractivity contribution in [3.05, 3.63) is 66.9 Å². The van der Waals surface area contributed by atoms with Gasteiger partial charge in [0.05, 0.1) is 18.2 Å². The molecule has 0 saturated heterocycles. The molecule has 0 fully saturated rings. The molecular formula is C20H17N3O3S2. The minimum Gasteiger partial charge on any atom is -0.493 e. The zero-order valence-corrected chi connectivity index (χ0v) is 16.9. The first-order chi connectivity index (χ1) is 13.7. The molecule has 8 heteroatoms. The molecule has 0 N–H and O–H groups in total. The van der Waals surface area contributed by atoms with Crippen LogP contribution < -0.4 is 19.6 Å². The monoisotopic (exact) mass is 411 g/mol. The minimum atomic E-state index is -0.184. The summed E-state index contributed by atoms with van der Waals surface area (Å²) in [5, 5.41) is 6.31. The second kappa shape index (κ2) is 7.95. The standard InChI is InChI=1S/C20H17N3O3S2/c1-3-26-15-8-6-13(11-16(15)25-2)12-17-19(24)23-20(28-17)21-18(22-23)9-7-14-5-4-10-27-14/h4-12H,3H2,1-2H3. The molecule has 0 radical (unpaired) electrons. The van der Waals surface area contributed by atoms with Crippen LogP contribution in [0.25, 0.3) is 23.2 Å². The van der Waals surface area contributed by atoms with E-state index < -0.39 is 0 Å². The number of fused-ring (bicyclic) bond motifs is 1. The van der Waals surface area contributed by atoms with Crippen LogP contribution >= 0.6 is 22.7 Å². The molecule has 4 rings (SSSR count). The molecule has 0 spiro atoms. The lowest BCUT2D eigenvalue weighted by Gasteiger charge is -2.09. The summed E-state index contributed by atoms with van der Waals surface area (Å²) in [6.45, 7) is 2.47. The summed E-state index contributed by atoms with van der Waals surface area (Å²) >= 11 is 2.94. The molecule has 0 unspecified atom stereocenters. The van der Waals surface area contributed by atoms with Gasteiger partial charge in [-0.15, -0.1) is 16.4 Å². The zero-order chi connectivity index (χ0) is 19.5. The molecule has 3 heterocycles. The number of hydrogen-bond donors (Lipinski definition) is 0. The van der Waals surface area contributed by atoms with Crippen LogP contribution in [0.1, 0.15) is 23.2 Å². The molecule has 0 saturated carbocycles. The van der Waals surface area contributed by atoms with Crippen molar-refractivity contribution in [2.75, 3.05) is 13.7 Å². The maximum absolute atomic E-state index is 12.7. The maximum atomic E-state index is 12.7. The summed E-state index contributed by atoms with van der Waals surface area (Å²) in [6, 6.07) is 9.56. The van der Waals surface area contributed by atoms with Crippen molar-refractivity contribution < 1.29 is 9.47 Å². The summed E-state index contributed by atoms with van der Waals surface area (Å²) in [5.41, 5.74) is 0.663. The number of benzene rings is 1. The summed E-state index contributed by atoms with van der Waals surface area (Å²) < 4.78 is 12.8. The van der Waals surface area contributed by atoms with Crippen molar-refractivity contribution in [1.82, 2.24) is 14.6 Å². The normalized spacial score (nSPS) is 12.3. The highest BCUT2D eigenvalue weighted by Crippen LogP contribution is 2.28. The van der Waals surface area contributed by atoms with E-state index in [2.05, 4.69) is 10.1 Å². The van der Waals surface area contributed by atoms with Crippen molar-refractivity contribution in [1.29, 1.82) is 0 Å². The molecule has 3 aromatic heterocycles. The fraction of sp³-hybridized carbons (Fsp3) is 0.150. The minimum absolute atomic E-state index is 0.184. The van der Waals surface area contributed by atoms with Crippen LogP contribution in [0.3, 0.4) is 0 Å². The summed E-state index contributed by atoms with van der Waals surface area (Å²) in [6.07, 6.45) is 5.56. The lowest BCUT2D eigenvalue weighted by atomic mass is 10.2. The van der Waals surface area contributed by atoms with Gasteiger partial charge >= 0.3 is 0 Å². The van der Waals surface area contributed by atoms with Gasteiger partial charge in [-0.2, -0.15) is 9.50 Å². The third kappa shape index (κ3) is 3.69. The average Bonchev–Trinajstić information content (AvgIpc) is 3.41. The highest BCUT2D eigenvalue weighted by atomic mass is 32.1. The highest BCUT2D eigenvalue weighted by Gasteiger charge is 2.10. The average molecular weight is 412 g/mol. The van der Waals surface area contributed by atoms with Crippen molar-refractivity contribution in [2.24, 2.45) is 0 Å². The Balaban J connectivity index is 1.67. The fourth-order valence-corrected chi connectivity index (χ4v) is 4.20. The molecule has 0 aliphatic heterocycles. The predicted molar refractivity (Wildman–Crippen MR) is 113 cm³/mol. The number of aromatic nitrogens is 3. The molecular weight excluding hydrogens is 394 g/mol. The van der Waals surface area contributed by atoms with Gasteiger partial charge in [-0.25, -0.2) is 0 Å². The molecule has 142 valence electrons. The topological polar surface area (TPSA) is 65.7 Å². The lowest BCUT2D eigenvalue weighted by molar-refractivity contribution is 0.311. The van der Waals surface area contributed by atoms with E-state index in [1.54, 1.807) is 18.4 Å². The van der Waals surface area contributed by atoms with Gasteiger partial charge in [0.1, 0.15) is 0 Å². The van der Waals surface area contributed by atoms with E-state index in [0.29, 0.717) is 33.4 Å². The fourth-order valence-electron chi connectivity index (χ4n) is 2.66. The van der Waals surface area contributed by atoms with Gasteiger partial charge in [0, 0.05) is 4.88 Å². The molecule has 6 nitrogen and oxygen atoms in total. The molecule has 28 heavy (non-hydrogen) atoms. The number of ether oxygens (including phenoxy) is 2. The van der Waals surface area contributed by atoms with Crippen LogP contribution in [-0.2, 0) is 0 Å². The molecule has 0 aliphatic rings. The van der Waals surface area contributed by atoms with E-state index in [1.165, 1.54) is 15.9 Å². The first-order valence-electron chi connectivity index (χ1n) is 8.61. The Morgan fingerprint density at radius 3 is 2.82 bits per heavy atom. The Morgan fingerprint density at radius 1 is 1.21 bits per heavy atom. The molecule has 0 bridgehead atoms. The van der Waals surface area contributed by atoms with E-state index in [9.17, 15) is 4.79 Å². The molecule has 0 aliphatic carbocycles. The Hall–Kier alpha value is -2.97. The highest BCUT2D eigenvalue weighted by molar-refractivity contribution is 7.15. The number of rotatable bonds is 6. The molecule has 0 amide bonds. The second-order valence-electron chi connectivity index (χ2n) is 5.77. The van der Waals surface area contributed by atoms with E-state index in [-0.39, 0.29) is 5.56 Å². The van der Waals surface area contributed by atoms with Gasteiger partial charge in [-0.1, -0.05) is 23.5 Å². The molecule has 4 aromatic rings. The zero-order valence-electron chi connectivity index (χ0n) is 15.3. The lowest BCUT2D eigenvalue weighted by Crippen LogP contribution is -2.23. The Labute approximate surface area is 169 Å². The van der Waals surface area contributed by atoms with Gasteiger partial charge < -0.3 is 9.47 Å². The molecule has 0 atom stereocenters. The molecule has 1 aromatic carbocycles. The number of hydrogen-bond acceptors (Lipinski definition) is 7. The predicted octanol–water partition coefficient (Wildman–Crippen LogP) is 3.34. The summed E-state index contributed by atoms with van der Waals surface area (Å²) in [4.78, 5) is 18.8. The van der Waals surface area contributed by atoms with Crippen LogP contribution in [0, 0.1) is 0 Å². The quantitative estimate of drug-likeness (QED) is 0.487. The van der Waals surface area contributed by atoms with Crippen LogP contribution in [0.2, 0.25) is 0 Å². The number of nitrogens with zero attached hydrogens (tertiary/aromatic N) is 3. The van der Waals surface area contributed by atoms with Gasteiger partial charge in [0.25, 0.3) is 5.56 Å². The first kappa shape index (κ1) is 18.4. The Kier molecular flexibility index (Phi) is 5.23. The van der Waals surface area contributed by atoms with E-state index >= 15 is 0 Å². The van der Waals surface area contributed by atoms with Crippen LogP contribution in [0.15, 0.2) is 40.5 Å². The van der Waals surface area contributed by atoms with E-state index in [4.69, 9.17) is 9.47 Å². The number of thiazole rings is 1. The van der Waals surface area contributed by atoms with Gasteiger partial charge in [-0.3, -0.25) is 4.79 Å². The summed E-state index contributed by atoms with van der Waals surface area (Å²) in [7, 11) is 1.59. The maximum Gasteiger partial charge on any atom is 0.291 e. The van der Waals surface area contributed by atoms with Crippen LogP contribution in [-0.4, -0.2) is 28.3 Å². The van der Waals surface area contributed by atoms with Crippen molar-refractivity contribution >= 4 is 45.9 Å². The van der Waals surface area contributed by atoms with Crippen molar-refractivity contribution in [2.45, 2.75) is 6.92 Å². The van der Waals surface area contributed by atoms with E-state index in [0.717, 1.165) is 10.4 Å². The van der Waals surface area contributed by atoms with Gasteiger partial charge in [-0.05, 0) is 54.3 Å². The van der Waals surface area contributed by atoms with Gasteiger partial charge in [0.15, 0.2) is 17.3 Å². The van der Waals surface area contributed by atoms with Crippen LogP contribution in [0.5, 0.6) is 11.5 Å².